The first-order valence-corrected chi connectivity index (χ1v) is 9.93. The van der Waals surface area contributed by atoms with Crippen molar-refractivity contribution in [3.05, 3.63) is 131 Å². The van der Waals surface area contributed by atoms with Crippen LogP contribution in [0.4, 0.5) is 0 Å². The van der Waals surface area contributed by atoms with E-state index in [1.165, 1.54) is 0 Å². The Morgan fingerprint density at radius 1 is 0.433 bits per heavy atom. The summed E-state index contributed by atoms with van der Waals surface area (Å²) in [6.45, 7) is 0. The van der Waals surface area contributed by atoms with Crippen molar-refractivity contribution < 1.29 is 0 Å². The Morgan fingerprint density at radius 3 is 1.37 bits per heavy atom. The van der Waals surface area contributed by atoms with Crippen molar-refractivity contribution in [2.24, 2.45) is 0 Å². The molecule has 144 valence electrons. The second-order valence-corrected chi connectivity index (χ2v) is 6.80. The number of aromatic nitrogens is 2. The fraction of sp³-hybridized carbons (Fsp3) is 0. The first kappa shape index (κ1) is 19.3. The zero-order valence-corrected chi connectivity index (χ0v) is 16.6. The summed E-state index contributed by atoms with van der Waals surface area (Å²) in [6.07, 6.45) is 14.0. The molecule has 3 aromatic carbocycles. The quantitative estimate of drug-likeness (QED) is 0.357. The monoisotopic (exact) mass is 386 g/mol. The number of hydrogen-bond acceptors (Lipinski definition) is 2. The van der Waals surface area contributed by atoms with Crippen molar-refractivity contribution in [2.75, 3.05) is 0 Å². The molecule has 0 unspecified atom stereocenters. The van der Waals surface area contributed by atoms with E-state index >= 15 is 0 Å². The lowest BCUT2D eigenvalue weighted by molar-refractivity contribution is 1.14. The van der Waals surface area contributed by atoms with Crippen molar-refractivity contribution in [1.82, 2.24) is 9.97 Å². The van der Waals surface area contributed by atoms with Crippen LogP contribution in [0.25, 0.3) is 36.5 Å². The minimum atomic E-state index is 0.823. The molecule has 0 aliphatic heterocycles. The summed E-state index contributed by atoms with van der Waals surface area (Å²) in [4.78, 5) is 9.49. The number of hydrogen-bond donors (Lipinski definition) is 0. The molecule has 0 fully saturated rings. The van der Waals surface area contributed by atoms with E-state index in [0.717, 1.165) is 33.8 Å². The maximum Gasteiger partial charge on any atom is 0.0894 e. The van der Waals surface area contributed by atoms with Gasteiger partial charge in [0.15, 0.2) is 0 Å². The van der Waals surface area contributed by atoms with E-state index in [9.17, 15) is 0 Å². The zero-order valence-electron chi connectivity index (χ0n) is 16.6. The highest BCUT2D eigenvalue weighted by Gasteiger charge is 2.02. The van der Waals surface area contributed by atoms with E-state index in [1.807, 2.05) is 85.1 Å². The van der Waals surface area contributed by atoms with Crippen molar-refractivity contribution in [1.29, 1.82) is 0 Å². The van der Waals surface area contributed by atoms with Gasteiger partial charge in [0, 0.05) is 0 Å². The third-order valence-corrected chi connectivity index (χ3v) is 4.56. The van der Waals surface area contributed by atoms with Crippen LogP contribution in [0, 0.1) is 0 Å². The average molecular weight is 386 g/mol. The van der Waals surface area contributed by atoms with Gasteiger partial charge in [-0.05, 0) is 34.9 Å². The topological polar surface area (TPSA) is 25.8 Å². The van der Waals surface area contributed by atoms with E-state index in [-0.39, 0.29) is 0 Å². The molecular weight excluding hydrogens is 364 g/mol. The van der Waals surface area contributed by atoms with E-state index in [4.69, 9.17) is 4.98 Å². The summed E-state index contributed by atoms with van der Waals surface area (Å²) in [7, 11) is 0. The van der Waals surface area contributed by atoms with Crippen LogP contribution in [0.1, 0.15) is 33.8 Å². The molecule has 2 nitrogen and oxygen atoms in total. The van der Waals surface area contributed by atoms with Crippen molar-refractivity contribution in [3.8, 4) is 0 Å². The second-order valence-electron chi connectivity index (χ2n) is 6.80. The molecule has 4 rings (SSSR count). The highest BCUT2D eigenvalue weighted by molar-refractivity contribution is 5.77. The predicted molar refractivity (Wildman–Crippen MR) is 128 cm³/mol. The van der Waals surface area contributed by atoms with Gasteiger partial charge in [0.2, 0.25) is 0 Å². The third-order valence-electron chi connectivity index (χ3n) is 4.56. The van der Waals surface area contributed by atoms with Gasteiger partial charge in [0.25, 0.3) is 0 Å². The Bertz CT molecular complexity index is 1160. The van der Waals surface area contributed by atoms with Crippen LogP contribution in [0.2, 0.25) is 0 Å². The molecule has 0 atom stereocenters. The fourth-order valence-electron chi connectivity index (χ4n) is 2.98. The molecule has 0 aliphatic rings. The molecular formula is C28H22N2. The number of nitrogens with zero attached hydrogens (tertiary/aromatic N) is 2. The summed E-state index contributed by atoms with van der Waals surface area (Å²) in [5.74, 6) is 0. The van der Waals surface area contributed by atoms with Crippen LogP contribution < -0.4 is 0 Å². The smallest absolute Gasteiger partial charge is 0.0894 e. The Morgan fingerprint density at radius 2 is 0.867 bits per heavy atom. The van der Waals surface area contributed by atoms with Gasteiger partial charge in [-0.25, -0.2) is 4.98 Å². The molecule has 2 heteroatoms. The van der Waals surface area contributed by atoms with Gasteiger partial charge in [-0.2, -0.15) is 0 Å². The molecule has 0 amide bonds. The van der Waals surface area contributed by atoms with Crippen LogP contribution in [0.5, 0.6) is 0 Å². The maximum atomic E-state index is 4.83. The Balaban J connectivity index is 1.65. The Kier molecular flexibility index (Phi) is 6.39. The zero-order chi connectivity index (χ0) is 20.4. The predicted octanol–water partition coefficient (Wildman–Crippen LogP) is 6.99. The molecule has 1 heterocycles. The molecule has 0 saturated heterocycles. The second kappa shape index (κ2) is 9.94. The van der Waals surface area contributed by atoms with E-state index < -0.39 is 0 Å². The van der Waals surface area contributed by atoms with Crippen LogP contribution in [0.15, 0.2) is 97.2 Å². The van der Waals surface area contributed by atoms with Crippen molar-refractivity contribution in [3.63, 3.8) is 0 Å². The lowest BCUT2D eigenvalue weighted by Gasteiger charge is -2.03. The molecule has 1 aromatic heterocycles. The maximum absolute atomic E-state index is 4.83. The van der Waals surface area contributed by atoms with Crippen LogP contribution >= 0.6 is 0 Å². The molecule has 0 aliphatic carbocycles. The van der Waals surface area contributed by atoms with Crippen LogP contribution in [-0.4, -0.2) is 9.97 Å². The molecule has 0 spiro atoms. The summed E-state index contributed by atoms with van der Waals surface area (Å²) < 4.78 is 0. The first-order valence-electron chi connectivity index (χ1n) is 9.93. The minimum absolute atomic E-state index is 0.823. The lowest BCUT2D eigenvalue weighted by Crippen LogP contribution is -1.94. The highest BCUT2D eigenvalue weighted by atomic mass is 14.8. The van der Waals surface area contributed by atoms with Gasteiger partial charge in [0.05, 0.1) is 23.3 Å². The summed E-state index contributed by atoms with van der Waals surface area (Å²) in [6, 6.07) is 30.6. The molecule has 0 saturated carbocycles. The Labute approximate surface area is 177 Å². The third kappa shape index (κ3) is 5.49. The van der Waals surface area contributed by atoms with Gasteiger partial charge in [-0.3, -0.25) is 4.98 Å². The highest BCUT2D eigenvalue weighted by Crippen LogP contribution is 2.15. The minimum Gasteiger partial charge on any atom is -0.252 e. The summed E-state index contributed by atoms with van der Waals surface area (Å²) >= 11 is 0. The van der Waals surface area contributed by atoms with Crippen molar-refractivity contribution >= 4 is 36.5 Å². The molecule has 4 aromatic rings. The van der Waals surface area contributed by atoms with Crippen LogP contribution in [-0.2, 0) is 0 Å². The van der Waals surface area contributed by atoms with Gasteiger partial charge in [0.1, 0.15) is 0 Å². The molecule has 0 radical (unpaired) electrons. The molecule has 0 N–H and O–H groups in total. The fourth-order valence-corrected chi connectivity index (χ4v) is 2.98. The van der Waals surface area contributed by atoms with Gasteiger partial charge in [-0.15, -0.1) is 0 Å². The molecule has 30 heavy (non-hydrogen) atoms. The average Bonchev–Trinajstić information content (AvgIpc) is 2.82. The SMILES string of the molecule is C(=C\c1cnc(/C=C/c2ccccc2)c(/C=C/c2ccccc2)n1)/c1ccccc1. The largest absolute Gasteiger partial charge is 0.252 e. The van der Waals surface area contributed by atoms with Crippen molar-refractivity contribution in [2.45, 2.75) is 0 Å². The summed E-state index contributed by atoms with van der Waals surface area (Å²) in [5, 5.41) is 0. The first-order chi connectivity index (χ1) is 14.9. The van der Waals surface area contributed by atoms with Gasteiger partial charge >= 0.3 is 0 Å². The van der Waals surface area contributed by atoms with Gasteiger partial charge in [-0.1, -0.05) is 109 Å². The van der Waals surface area contributed by atoms with E-state index in [0.29, 0.717) is 0 Å². The number of benzene rings is 3. The standard InChI is InChI=1S/C28H22N2/c1-4-10-23(11-5-1)16-19-26-22-29-27(20-17-24-12-6-2-7-13-24)28(30-26)21-18-25-14-8-3-9-15-25/h1-22H/b19-16+,20-17+,21-18+. The van der Waals surface area contributed by atoms with Gasteiger partial charge < -0.3 is 0 Å². The normalized spacial score (nSPS) is 11.6. The number of rotatable bonds is 6. The lowest BCUT2D eigenvalue weighted by atomic mass is 10.1. The summed E-state index contributed by atoms with van der Waals surface area (Å²) in [5.41, 5.74) is 5.88. The van der Waals surface area contributed by atoms with Crippen LogP contribution in [0.3, 0.4) is 0 Å². The van der Waals surface area contributed by atoms with E-state index in [1.54, 1.807) is 0 Å². The Hall–Kier alpha value is -4.04. The molecule has 0 bridgehead atoms. The van der Waals surface area contributed by atoms with E-state index in [2.05, 4.69) is 53.5 Å².